The smallest absolute Gasteiger partial charge is 0.0317 e. The molecule has 0 saturated heterocycles. The van der Waals surface area contributed by atoms with E-state index < -0.39 is 0 Å². The lowest BCUT2D eigenvalue weighted by Crippen LogP contribution is -2.21. The molecule has 2 rings (SSSR count). The minimum absolute atomic E-state index is 0.475. The molecule has 0 aliphatic carbocycles. The molecule has 0 aromatic heterocycles. The molecule has 0 bridgehead atoms. The Balaban J connectivity index is 2.02. The van der Waals surface area contributed by atoms with Gasteiger partial charge < -0.3 is 5.32 Å². The van der Waals surface area contributed by atoms with Gasteiger partial charge in [-0.25, -0.2) is 0 Å². The van der Waals surface area contributed by atoms with E-state index in [0.29, 0.717) is 6.04 Å². The molecular formula is C19H25NS. The molecule has 1 nitrogen and oxygen atoms in total. The first kappa shape index (κ1) is 16.1. The zero-order chi connectivity index (χ0) is 15.1. The van der Waals surface area contributed by atoms with Crippen LogP contribution >= 0.6 is 11.8 Å². The number of hydrogen-bond acceptors (Lipinski definition) is 2. The highest BCUT2D eigenvalue weighted by Gasteiger charge is 2.07. The maximum atomic E-state index is 3.60. The van der Waals surface area contributed by atoms with Crippen LogP contribution in [0.1, 0.15) is 43.9 Å². The molecule has 112 valence electrons. The van der Waals surface area contributed by atoms with Gasteiger partial charge in [0.15, 0.2) is 0 Å². The Morgan fingerprint density at radius 3 is 2.00 bits per heavy atom. The SMILES string of the molecule is CCCNC(CC)c1ccc(Sc2ccc(C)cc2)cc1. The van der Waals surface area contributed by atoms with E-state index in [9.17, 15) is 0 Å². The average Bonchev–Trinajstić information content (AvgIpc) is 2.52. The molecule has 21 heavy (non-hydrogen) atoms. The number of benzene rings is 2. The van der Waals surface area contributed by atoms with Crippen molar-refractivity contribution in [3.8, 4) is 0 Å². The molecule has 0 saturated carbocycles. The van der Waals surface area contributed by atoms with Crippen molar-refractivity contribution in [3.05, 3.63) is 59.7 Å². The molecule has 1 N–H and O–H groups in total. The van der Waals surface area contributed by atoms with Crippen LogP contribution < -0.4 is 5.32 Å². The number of rotatable bonds is 7. The van der Waals surface area contributed by atoms with E-state index in [-0.39, 0.29) is 0 Å². The normalized spacial score (nSPS) is 12.3. The van der Waals surface area contributed by atoms with E-state index in [2.05, 4.69) is 74.6 Å². The second-order valence-electron chi connectivity index (χ2n) is 5.40. The van der Waals surface area contributed by atoms with Gasteiger partial charge in [-0.3, -0.25) is 0 Å². The summed E-state index contributed by atoms with van der Waals surface area (Å²) in [6.07, 6.45) is 2.31. The molecule has 1 unspecified atom stereocenters. The third kappa shape index (κ3) is 4.90. The van der Waals surface area contributed by atoms with Crippen LogP contribution in [0, 0.1) is 6.92 Å². The number of aryl methyl sites for hydroxylation is 1. The summed E-state index contributed by atoms with van der Waals surface area (Å²) < 4.78 is 0. The van der Waals surface area contributed by atoms with E-state index in [1.165, 1.54) is 27.3 Å². The van der Waals surface area contributed by atoms with Crippen LogP contribution in [-0.4, -0.2) is 6.54 Å². The lowest BCUT2D eigenvalue weighted by atomic mass is 10.0. The fourth-order valence-corrected chi connectivity index (χ4v) is 3.14. The quantitative estimate of drug-likeness (QED) is 0.714. The van der Waals surface area contributed by atoms with Gasteiger partial charge in [-0.15, -0.1) is 0 Å². The molecule has 0 fully saturated rings. The largest absolute Gasteiger partial charge is 0.310 e. The van der Waals surface area contributed by atoms with Crippen LogP contribution in [0.15, 0.2) is 58.3 Å². The fourth-order valence-electron chi connectivity index (χ4n) is 2.33. The van der Waals surface area contributed by atoms with Crippen molar-refractivity contribution in [2.75, 3.05) is 6.54 Å². The minimum Gasteiger partial charge on any atom is -0.310 e. The van der Waals surface area contributed by atoms with Crippen LogP contribution in [0.4, 0.5) is 0 Å². The molecule has 0 amide bonds. The Morgan fingerprint density at radius 2 is 1.48 bits per heavy atom. The van der Waals surface area contributed by atoms with E-state index >= 15 is 0 Å². The second-order valence-corrected chi connectivity index (χ2v) is 6.55. The van der Waals surface area contributed by atoms with Gasteiger partial charge in [-0.05, 0) is 56.1 Å². The minimum atomic E-state index is 0.475. The number of hydrogen-bond donors (Lipinski definition) is 1. The van der Waals surface area contributed by atoms with Crippen molar-refractivity contribution in [1.82, 2.24) is 5.32 Å². The fraction of sp³-hybridized carbons (Fsp3) is 0.368. The zero-order valence-corrected chi connectivity index (χ0v) is 14.0. The first-order valence-corrected chi connectivity index (χ1v) is 8.62. The highest BCUT2D eigenvalue weighted by atomic mass is 32.2. The van der Waals surface area contributed by atoms with Crippen LogP contribution in [0.2, 0.25) is 0 Å². The van der Waals surface area contributed by atoms with Gasteiger partial charge >= 0.3 is 0 Å². The second kappa shape index (κ2) is 8.26. The predicted molar refractivity (Wildman–Crippen MR) is 93.1 cm³/mol. The molecule has 1 atom stereocenters. The summed E-state index contributed by atoms with van der Waals surface area (Å²) in [6.45, 7) is 7.65. The molecule has 2 aromatic rings. The van der Waals surface area contributed by atoms with Gasteiger partial charge in [0, 0.05) is 15.8 Å². The van der Waals surface area contributed by atoms with E-state index in [1.54, 1.807) is 0 Å². The van der Waals surface area contributed by atoms with Gasteiger partial charge in [0.25, 0.3) is 0 Å². The van der Waals surface area contributed by atoms with Crippen LogP contribution in [0.3, 0.4) is 0 Å². The molecule has 0 spiro atoms. The third-order valence-electron chi connectivity index (χ3n) is 3.59. The molecule has 0 radical (unpaired) electrons. The van der Waals surface area contributed by atoms with Crippen molar-refractivity contribution in [3.63, 3.8) is 0 Å². The molecule has 2 aromatic carbocycles. The molecule has 0 aliphatic rings. The van der Waals surface area contributed by atoms with Gasteiger partial charge in [0.1, 0.15) is 0 Å². The Hall–Kier alpha value is -1.25. The van der Waals surface area contributed by atoms with Crippen LogP contribution in [0.5, 0.6) is 0 Å². The maximum Gasteiger partial charge on any atom is 0.0317 e. The predicted octanol–water partition coefficient (Wildman–Crippen LogP) is 5.60. The Bertz CT molecular complexity index is 530. The summed E-state index contributed by atoms with van der Waals surface area (Å²) in [6, 6.07) is 18.2. The van der Waals surface area contributed by atoms with Crippen molar-refractivity contribution >= 4 is 11.8 Å². The monoisotopic (exact) mass is 299 g/mol. The summed E-state index contributed by atoms with van der Waals surface area (Å²) in [4.78, 5) is 2.59. The average molecular weight is 299 g/mol. The summed E-state index contributed by atoms with van der Waals surface area (Å²) in [7, 11) is 0. The van der Waals surface area contributed by atoms with Crippen molar-refractivity contribution in [2.45, 2.75) is 49.4 Å². The Labute approximate surface area is 133 Å². The van der Waals surface area contributed by atoms with Gasteiger partial charge in [-0.1, -0.05) is 55.4 Å². The maximum absolute atomic E-state index is 3.60. The lowest BCUT2D eigenvalue weighted by Gasteiger charge is -2.17. The molecule has 2 heteroatoms. The summed E-state index contributed by atoms with van der Waals surface area (Å²) in [5, 5.41) is 3.60. The lowest BCUT2D eigenvalue weighted by molar-refractivity contribution is 0.518. The van der Waals surface area contributed by atoms with E-state index in [0.717, 1.165) is 13.0 Å². The topological polar surface area (TPSA) is 12.0 Å². The van der Waals surface area contributed by atoms with Gasteiger partial charge in [0.05, 0.1) is 0 Å². The van der Waals surface area contributed by atoms with Crippen LogP contribution in [-0.2, 0) is 0 Å². The van der Waals surface area contributed by atoms with Crippen LogP contribution in [0.25, 0.3) is 0 Å². The first-order chi connectivity index (χ1) is 10.2. The molecular weight excluding hydrogens is 274 g/mol. The summed E-state index contributed by atoms with van der Waals surface area (Å²) in [5.41, 5.74) is 2.70. The van der Waals surface area contributed by atoms with Crippen molar-refractivity contribution in [2.24, 2.45) is 0 Å². The first-order valence-electron chi connectivity index (χ1n) is 7.80. The van der Waals surface area contributed by atoms with E-state index in [4.69, 9.17) is 0 Å². The Morgan fingerprint density at radius 1 is 0.905 bits per heavy atom. The molecule has 0 aliphatic heterocycles. The van der Waals surface area contributed by atoms with Crippen molar-refractivity contribution < 1.29 is 0 Å². The highest BCUT2D eigenvalue weighted by molar-refractivity contribution is 7.99. The highest BCUT2D eigenvalue weighted by Crippen LogP contribution is 2.29. The Kier molecular flexibility index (Phi) is 6.34. The van der Waals surface area contributed by atoms with Crippen molar-refractivity contribution in [1.29, 1.82) is 0 Å². The summed E-state index contributed by atoms with van der Waals surface area (Å²) in [5.74, 6) is 0. The standard InChI is InChI=1S/C19H25NS/c1-4-14-20-19(5-2)16-8-12-18(13-9-16)21-17-10-6-15(3)7-11-17/h6-13,19-20H,4-5,14H2,1-3H3. The molecule has 0 heterocycles. The summed E-state index contributed by atoms with van der Waals surface area (Å²) >= 11 is 1.82. The zero-order valence-electron chi connectivity index (χ0n) is 13.2. The number of nitrogens with one attached hydrogen (secondary N) is 1. The van der Waals surface area contributed by atoms with Gasteiger partial charge in [-0.2, -0.15) is 0 Å². The third-order valence-corrected chi connectivity index (χ3v) is 4.60. The van der Waals surface area contributed by atoms with Gasteiger partial charge in [0.2, 0.25) is 0 Å². The van der Waals surface area contributed by atoms with E-state index in [1.807, 2.05) is 11.8 Å².